The quantitative estimate of drug-likeness (QED) is 0.270. The molecule has 15 heteroatoms. The summed E-state index contributed by atoms with van der Waals surface area (Å²) in [5.41, 5.74) is 1.25. The summed E-state index contributed by atoms with van der Waals surface area (Å²) >= 11 is 0. The summed E-state index contributed by atoms with van der Waals surface area (Å²) in [5, 5.41) is 27.8. The van der Waals surface area contributed by atoms with Crippen LogP contribution in [0.4, 0.5) is 30.0 Å². The molecule has 1 aromatic carbocycles. The van der Waals surface area contributed by atoms with Gasteiger partial charge in [-0.15, -0.1) is 0 Å². The topological polar surface area (TPSA) is 150 Å². The van der Waals surface area contributed by atoms with E-state index < -0.39 is 35.5 Å². The number of β-amino-alcohol motifs (C(OH)–C–C–N with tert-alkyl or cyclic N) is 1. The third-order valence-electron chi connectivity index (χ3n) is 8.24. The molecule has 2 atom stereocenters. The number of aliphatic hydroxyl groups excluding tert-OH is 1. The van der Waals surface area contributed by atoms with Gasteiger partial charge in [-0.25, -0.2) is 28.3 Å². The average Bonchev–Trinajstić information content (AvgIpc) is 3.65. The van der Waals surface area contributed by atoms with Gasteiger partial charge in [-0.2, -0.15) is 9.61 Å². The summed E-state index contributed by atoms with van der Waals surface area (Å²) < 4.78 is 37.1. The summed E-state index contributed by atoms with van der Waals surface area (Å²) in [4.78, 5) is 37.1. The summed E-state index contributed by atoms with van der Waals surface area (Å²) in [7, 11) is 1.66. The molecule has 0 spiro atoms. The second-order valence-electron chi connectivity index (χ2n) is 12.7. The zero-order valence-electron chi connectivity index (χ0n) is 25.5. The SMILES string of the molecule is Cn1c(CN(C(=O)OC(C)(C)C)c2cc(NC[C@H]3CCN(C(=O)O)C[C@@H]3O)nc3c(C4CC4)cnn23)nc2cc(F)c(F)cc21. The summed E-state index contributed by atoms with van der Waals surface area (Å²) in [6.45, 7) is 5.78. The first-order chi connectivity index (χ1) is 21.3. The standard InChI is InChI=1S/C30H36F2N8O5/c1-30(2,3)45-29(44)39(15-25-35-21-9-19(31)20(32)10-22(21)37(25)4)26-11-24(36-27-18(16-5-6-16)13-34-40(26)27)33-12-17-7-8-38(28(42)43)14-23(17)41/h9-11,13,16-17,23,41H,5-8,12,14-15H2,1-4H3,(H,33,36)(H,42,43)/t17-,23+/m1/s1. The van der Waals surface area contributed by atoms with Crippen molar-refractivity contribution in [3.05, 3.63) is 47.4 Å². The highest BCUT2D eigenvalue weighted by molar-refractivity contribution is 5.88. The molecule has 2 aliphatic rings. The monoisotopic (exact) mass is 626 g/mol. The van der Waals surface area contributed by atoms with Gasteiger partial charge in [-0.3, -0.25) is 4.90 Å². The molecule has 45 heavy (non-hydrogen) atoms. The van der Waals surface area contributed by atoms with Crippen molar-refractivity contribution in [1.82, 2.24) is 29.0 Å². The second kappa shape index (κ2) is 11.4. The Labute approximate surface area is 257 Å². The van der Waals surface area contributed by atoms with Crippen molar-refractivity contribution < 1.29 is 33.3 Å². The van der Waals surface area contributed by atoms with Crippen molar-refractivity contribution in [2.45, 2.75) is 64.2 Å². The number of aliphatic hydroxyl groups is 1. The van der Waals surface area contributed by atoms with Crippen molar-refractivity contribution in [2.75, 3.05) is 29.9 Å². The Morgan fingerprint density at radius 2 is 1.87 bits per heavy atom. The lowest BCUT2D eigenvalue weighted by molar-refractivity contribution is 0.0294. The number of fused-ring (bicyclic) bond motifs is 2. The zero-order chi connectivity index (χ0) is 32.2. The number of hydrogen-bond acceptors (Lipinski definition) is 8. The van der Waals surface area contributed by atoms with E-state index in [9.17, 15) is 28.6 Å². The minimum atomic E-state index is -1.07. The maximum atomic E-state index is 14.1. The fraction of sp³-hybridized carbons (Fsp3) is 0.500. The molecule has 240 valence electrons. The van der Waals surface area contributed by atoms with Crippen molar-refractivity contribution in [2.24, 2.45) is 13.0 Å². The van der Waals surface area contributed by atoms with Crippen molar-refractivity contribution in [3.8, 4) is 0 Å². The van der Waals surface area contributed by atoms with E-state index in [4.69, 9.17) is 9.72 Å². The van der Waals surface area contributed by atoms with E-state index in [-0.39, 0.29) is 24.5 Å². The number of aromatic nitrogens is 5. The molecule has 1 saturated carbocycles. The number of nitrogens with zero attached hydrogens (tertiary/aromatic N) is 7. The van der Waals surface area contributed by atoms with Gasteiger partial charge in [0.2, 0.25) is 0 Å². The first kappa shape index (κ1) is 30.5. The minimum Gasteiger partial charge on any atom is -0.465 e. The summed E-state index contributed by atoms with van der Waals surface area (Å²) in [6, 6.07) is 3.74. The maximum absolute atomic E-state index is 14.1. The van der Waals surface area contributed by atoms with Crippen molar-refractivity contribution in [3.63, 3.8) is 0 Å². The number of anilines is 2. The van der Waals surface area contributed by atoms with Crippen LogP contribution in [0.25, 0.3) is 16.7 Å². The Morgan fingerprint density at radius 1 is 1.13 bits per heavy atom. The summed E-state index contributed by atoms with van der Waals surface area (Å²) in [6.07, 6.45) is 1.59. The third-order valence-corrected chi connectivity index (χ3v) is 8.24. The molecule has 2 fully saturated rings. The molecular formula is C30H36F2N8O5. The number of benzene rings is 1. The lowest BCUT2D eigenvalue weighted by atomic mass is 9.94. The van der Waals surface area contributed by atoms with Crippen LogP contribution in [0.1, 0.15) is 57.3 Å². The predicted molar refractivity (Wildman–Crippen MR) is 160 cm³/mol. The number of hydrogen-bond donors (Lipinski definition) is 3. The molecule has 2 amide bonds. The Kier molecular flexibility index (Phi) is 7.75. The van der Waals surface area contributed by atoms with Gasteiger partial charge in [0.05, 0.1) is 36.4 Å². The van der Waals surface area contributed by atoms with Crippen LogP contribution in [0.15, 0.2) is 24.4 Å². The molecular weight excluding hydrogens is 590 g/mol. The minimum absolute atomic E-state index is 0.0199. The molecule has 1 aliphatic carbocycles. The van der Waals surface area contributed by atoms with Gasteiger partial charge < -0.3 is 29.7 Å². The highest BCUT2D eigenvalue weighted by Gasteiger charge is 2.33. The smallest absolute Gasteiger partial charge is 0.416 e. The molecule has 6 rings (SSSR count). The van der Waals surface area contributed by atoms with Crippen molar-refractivity contribution in [1.29, 1.82) is 0 Å². The van der Waals surface area contributed by atoms with Gasteiger partial charge in [0.1, 0.15) is 23.1 Å². The number of carbonyl (C=O) groups excluding carboxylic acids is 1. The number of nitrogens with one attached hydrogen (secondary N) is 1. The number of carbonyl (C=O) groups is 2. The number of imidazole rings is 1. The van der Waals surface area contributed by atoms with E-state index in [1.54, 1.807) is 49.2 Å². The van der Waals surface area contributed by atoms with E-state index in [0.717, 1.165) is 30.5 Å². The molecule has 1 aliphatic heterocycles. The third kappa shape index (κ3) is 6.21. The fourth-order valence-corrected chi connectivity index (χ4v) is 5.63. The number of amides is 2. The number of carboxylic acid groups (broad SMARTS) is 1. The van der Waals surface area contributed by atoms with Gasteiger partial charge in [-0.05, 0) is 46.0 Å². The predicted octanol–water partition coefficient (Wildman–Crippen LogP) is 4.49. The van der Waals surface area contributed by atoms with Crippen LogP contribution in [-0.4, -0.2) is 82.8 Å². The first-order valence-electron chi connectivity index (χ1n) is 14.9. The molecule has 0 unspecified atom stereocenters. The van der Waals surface area contributed by atoms with E-state index in [1.807, 2.05) is 0 Å². The van der Waals surface area contributed by atoms with Crippen LogP contribution < -0.4 is 10.2 Å². The Morgan fingerprint density at radius 3 is 2.53 bits per heavy atom. The van der Waals surface area contributed by atoms with Crippen LogP contribution in [0.3, 0.4) is 0 Å². The van der Waals surface area contributed by atoms with Crippen LogP contribution in [0.5, 0.6) is 0 Å². The number of aryl methyl sites for hydroxylation is 1. The normalized spacial score (nSPS) is 18.9. The summed E-state index contributed by atoms with van der Waals surface area (Å²) in [5.74, 6) is -0.855. The molecule has 13 nitrogen and oxygen atoms in total. The molecule has 4 heterocycles. The van der Waals surface area contributed by atoms with Gasteiger partial charge in [0.25, 0.3) is 0 Å². The lowest BCUT2D eigenvalue weighted by Gasteiger charge is -2.34. The van der Waals surface area contributed by atoms with Gasteiger partial charge in [0.15, 0.2) is 17.3 Å². The molecule has 0 bridgehead atoms. The number of rotatable bonds is 7. The van der Waals surface area contributed by atoms with E-state index in [1.165, 1.54) is 9.80 Å². The average molecular weight is 627 g/mol. The molecule has 1 saturated heterocycles. The second-order valence-corrected chi connectivity index (χ2v) is 12.7. The zero-order valence-corrected chi connectivity index (χ0v) is 25.5. The van der Waals surface area contributed by atoms with E-state index >= 15 is 0 Å². The highest BCUT2D eigenvalue weighted by Crippen LogP contribution is 2.42. The van der Waals surface area contributed by atoms with Crippen molar-refractivity contribution >= 4 is 40.5 Å². The maximum Gasteiger partial charge on any atom is 0.416 e. The van der Waals surface area contributed by atoms with Crippen LogP contribution in [0.2, 0.25) is 0 Å². The van der Waals surface area contributed by atoms with E-state index in [0.29, 0.717) is 54.1 Å². The van der Waals surface area contributed by atoms with Crippen LogP contribution >= 0.6 is 0 Å². The van der Waals surface area contributed by atoms with Crippen LogP contribution in [-0.2, 0) is 18.3 Å². The molecule has 4 aromatic rings. The Balaban J connectivity index is 1.39. The van der Waals surface area contributed by atoms with Crippen LogP contribution in [0, 0.1) is 17.6 Å². The Bertz CT molecular complexity index is 1780. The molecule has 3 aromatic heterocycles. The fourth-order valence-electron chi connectivity index (χ4n) is 5.63. The lowest BCUT2D eigenvalue weighted by Crippen LogP contribution is -2.47. The van der Waals surface area contributed by atoms with Gasteiger partial charge >= 0.3 is 12.2 Å². The van der Waals surface area contributed by atoms with Gasteiger partial charge in [-0.1, -0.05) is 0 Å². The highest BCUT2D eigenvalue weighted by atomic mass is 19.2. The number of piperidine rings is 1. The number of likely N-dealkylation sites (tertiary alicyclic amines) is 1. The number of halogens is 2. The molecule has 3 N–H and O–H groups in total. The first-order valence-corrected chi connectivity index (χ1v) is 14.9. The Hall–Kier alpha value is -4.53. The van der Waals surface area contributed by atoms with E-state index in [2.05, 4.69) is 15.4 Å². The number of ether oxygens (including phenoxy) is 1. The molecule has 0 radical (unpaired) electrons. The van der Waals surface area contributed by atoms with Gasteiger partial charge in [0, 0.05) is 49.8 Å². The largest absolute Gasteiger partial charge is 0.465 e.